The minimum absolute atomic E-state index is 0.0709. The zero-order chi connectivity index (χ0) is 20.0. The smallest absolute Gasteiger partial charge is 0.265 e. The van der Waals surface area contributed by atoms with Crippen molar-refractivity contribution in [1.82, 2.24) is 15.3 Å². The largest absolute Gasteiger partial charge is 0.496 e. The second-order valence-corrected chi connectivity index (χ2v) is 8.61. The van der Waals surface area contributed by atoms with Crippen LogP contribution < -0.4 is 20.5 Å². The van der Waals surface area contributed by atoms with E-state index in [4.69, 9.17) is 26.8 Å². The van der Waals surface area contributed by atoms with E-state index in [0.717, 1.165) is 17.3 Å². The summed E-state index contributed by atoms with van der Waals surface area (Å²) < 4.78 is 11.9. The predicted octanol–water partition coefficient (Wildman–Crippen LogP) is 4.27. The van der Waals surface area contributed by atoms with E-state index in [9.17, 15) is 4.79 Å². The second kappa shape index (κ2) is 7.38. The van der Waals surface area contributed by atoms with Crippen LogP contribution in [0.4, 0.5) is 5.95 Å². The average Bonchev–Trinajstić information content (AvgIpc) is 3.37. The molecule has 0 radical (unpaired) electrons. The summed E-state index contributed by atoms with van der Waals surface area (Å²) in [6.45, 7) is 0. The van der Waals surface area contributed by atoms with Gasteiger partial charge in [-0.1, -0.05) is 27.5 Å². The van der Waals surface area contributed by atoms with Gasteiger partial charge in [0.25, 0.3) is 5.91 Å². The molecule has 2 aromatic heterocycles. The number of carbonyl (C=O) groups is 1. The molecular weight excluding hydrogens is 468 g/mol. The van der Waals surface area contributed by atoms with E-state index in [1.807, 2.05) is 0 Å². The topological polar surface area (TPSA) is 99.4 Å². The molecule has 0 bridgehead atoms. The number of benzene rings is 1. The number of nitrogens with zero attached hydrogens (tertiary/aromatic N) is 2. The number of amides is 1. The molecule has 1 saturated carbocycles. The number of nitrogens with one attached hydrogen (secondary N) is 1. The number of ether oxygens (including phenoxy) is 2. The van der Waals surface area contributed by atoms with E-state index in [0.29, 0.717) is 42.9 Å². The average molecular weight is 484 g/mol. The Hall–Kier alpha value is -2.10. The molecule has 3 N–H and O–H groups in total. The van der Waals surface area contributed by atoms with E-state index in [2.05, 4.69) is 31.2 Å². The first kappa shape index (κ1) is 19.2. The number of halogens is 2. The van der Waals surface area contributed by atoms with Gasteiger partial charge in [0, 0.05) is 10.5 Å². The summed E-state index contributed by atoms with van der Waals surface area (Å²) in [7, 11) is 3.05. The van der Waals surface area contributed by atoms with Crippen molar-refractivity contribution < 1.29 is 14.3 Å². The van der Waals surface area contributed by atoms with Gasteiger partial charge in [0.15, 0.2) is 5.75 Å². The number of hydrogen-bond acceptors (Lipinski definition) is 7. The van der Waals surface area contributed by atoms with Gasteiger partial charge in [0.05, 0.1) is 35.9 Å². The summed E-state index contributed by atoms with van der Waals surface area (Å²) in [6, 6.07) is 3.74. The van der Waals surface area contributed by atoms with Gasteiger partial charge in [-0.05, 0) is 25.0 Å². The molecule has 0 spiro atoms. The third-order valence-corrected chi connectivity index (χ3v) is 6.14. The lowest BCUT2D eigenvalue weighted by Gasteiger charge is -2.13. The number of aromatic nitrogens is 2. The van der Waals surface area contributed by atoms with Crippen LogP contribution in [0.25, 0.3) is 21.5 Å². The standard InChI is InChI=1S/C18H16BrClN4O3S/c1-26-10-6-7(19)5-9(20)11(10)13-12-14(27-2)15(16(25)22-8-3-4-8)28-17(12)24-18(21)23-13/h5-6,8H,3-4H2,1-2H3,(H,22,25)(H2,21,23,24). The minimum Gasteiger partial charge on any atom is -0.496 e. The fraction of sp³-hybridized carbons (Fsp3) is 0.278. The van der Waals surface area contributed by atoms with E-state index in [-0.39, 0.29) is 17.9 Å². The molecule has 0 unspecified atom stereocenters. The van der Waals surface area contributed by atoms with E-state index < -0.39 is 0 Å². The Bertz CT molecular complexity index is 1100. The molecular formula is C18H16BrClN4O3S. The molecule has 146 valence electrons. The van der Waals surface area contributed by atoms with E-state index in [1.165, 1.54) is 18.4 Å². The van der Waals surface area contributed by atoms with Crippen LogP contribution in [0.3, 0.4) is 0 Å². The summed E-state index contributed by atoms with van der Waals surface area (Å²) >= 11 is 11.1. The van der Waals surface area contributed by atoms with Crippen molar-refractivity contribution in [2.75, 3.05) is 20.0 Å². The van der Waals surface area contributed by atoms with Gasteiger partial charge in [-0.15, -0.1) is 11.3 Å². The van der Waals surface area contributed by atoms with Gasteiger partial charge in [-0.25, -0.2) is 9.97 Å². The van der Waals surface area contributed by atoms with Gasteiger partial charge in [-0.2, -0.15) is 0 Å². The van der Waals surface area contributed by atoms with Crippen molar-refractivity contribution in [3.05, 3.63) is 26.5 Å². The highest BCUT2D eigenvalue weighted by atomic mass is 79.9. The highest BCUT2D eigenvalue weighted by Crippen LogP contribution is 2.47. The third-order valence-electron chi connectivity index (χ3n) is 4.32. The quantitative estimate of drug-likeness (QED) is 0.562. The fourth-order valence-corrected chi connectivity index (χ4v) is 4.86. The van der Waals surface area contributed by atoms with Crippen molar-refractivity contribution in [1.29, 1.82) is 0 Å². The van der Waals surface area contributed by atoms with E-state index in [1.54, 1.807) is 19.2 Å². The molecule has 1 aliphatic carbocycles. The number of nitrogen functional groups attached to an aromatic ring is 1. The highest BCUT2D eigenvalue weighted by molar-refractivity contribution is 9.10. The number of rotatable bonds is 5. The molecule has 1 aromatic carbocycles. The van der Waals surface area contributed by atoms with Crippen LogP contribution in [0.5, 0.6) is 11.5 Å². The molecule has 1 amide bonds. The third kappa shape index (κ3) is 3.38. The molecule has 0 aliphatic heterocycles. The van der Waals surface area contributed by atoms with Gasteiger partial charge in [0.2, 0.25) is 5.95 Å². The Morgan fingerprint density at radius 2 is 2.07 bits per heavy atom. The van der Waals surface area contributed by atoms with Crippen molar-refractivity contribution in [2.24, 2.45) is 0 Å². The maximum Gasteiger partial charge on any atom is 0.265 e. The molecule has 10 heteroatoms. The molecule has 2 heterocycles. The summed E-state index contributed by atoms with van der Waals surface area (Å²) in [5.41, 5.74) is 6.96. The number of thiophene rings is 1. The van der Waals surface area contributed by atoms with Crippen molar-refractivity contribution >= 4 is 60.9 Å². The number of carbonyl (C=O) groups excluding carboxylic acids is 1. The van der Waals surface area contributed by atoms with Gasteiger partial charge >= 0.3 is 0 Å². The van der Waals surface area contributed by atoms with Crippen LogP contribution in [0.15, 0.2) is 16.6 Å². The number of hydrogen-bond donors (Lipinski definition) is 2. The van der Waals surface area contributed by atoms with Crippen LogP contribution in [-0.2, 0) is 0 Å². The fourth-order valence-electron chi connectivity index (χ4n) is 2.94. The first-order valence-corrected chi connectivity index (χ1v) is 10.4. The van der Waals surface area contributed by atoms with Crippen LogP contribution in [0, 0.1) is 0 Å². The predicted molar refractivity (Wildman–Crippen MR) is 114 cm³/mol. The zero-order valence-electron chi connectivity index (χ0n) is 15.0. The number of anilines is 1. The normalized spacial score (nSPS) is 13.6. The van der Waals surface area contributed by atoms with Crippen LogP contribution in [-0.4, -0.2) is 36.1 Å². The summed E-state index contributed by atoms with van der Waals surface area (Å²) in [6.07, 6.45) is 1.98. The second-order valence-electron chi connectivity index (χ2n) is 6.29. The monoisotopic (exact) mass is 482 g/mol. The molecule has 1 aliphatic rings. The highest BCUT2D eigenvalue weighted by Gasteiger charge is 2.30. The summed E-state index contributed by atoms with van der Waals surface area (Å²) in [4.78, 5) is 22.4. The lowest BCUT2D eigenvalue weighted by molar-refractivity contribution is 0.0952. The number of methoxy groups -OCH3 is 2. The Morgan fingerprint density at radius 3 is 2.71 bits per heavy atom. The van der Waals surface area contributed by atoms with E-state index >= 15 is 0 Å². The SMILES string of the molecule is COc1cc(Br)cc(Cl)c1-c1nc(N)nc2sc(C(=O)NC3CC3)c(OC)c12. The maximum atomic E-state index is 12.7. The summed E-state index contributed by atoms with van der Waals surface area (Å²) in [5.74, 6) is 0.785. The Kier molecular flexibility index (Phi) is 5.07. The van der Waals surface area contributed by atoms with Crippen LogP contribution >= 0.6 is 38.9 Å². The molecule has 28 heavy (non-hydrogen) atoms. The Morgan fingerprint density at radius 1 is 1.32 bits per heavy atom. The minimum atomic E-state index is -0.194. The molecule has 0 atom stereocenters. The molecule has 3 aromatic rings. The number of nitrogens with two attached hydrogens (primary N) is 1. The Labute approximate surface area is 178 Å². The summed E-state index contributed by atoms with van der Waals surface area (Å²) in [5, 5.41) is 3.97. The van der Waals surface area contributed by atoms with Gasteiger partial charge < -0.3 is 20.5 Å². The first-order chi connectivity index (χ1) is 13.4. The van der Waals surface area contributed by atoms with Gasteiger partial charge in [0.1, 0.15) is 15.5 Å². The first-order valence-electron chi connectivity index (χ1n) is 8.41. The number of fused-ring (bicyclic) bond motifs is 1. The lowest BCUT2D eigenvalue weighted by atomic mass is 10.1. The van der Waals surface area contributed by atoms with Crippen LogP contribution in [0.1, 0.15) is 22.5 Å². The van der Waals surface area contributed by atoms with Gasteiger partial charge in [-0.3, -0.25) is 4.79 Å². The van der Waals surface area contributed by atoms with Crippen molar-refractivity contribution in [3.63, 3.8) is 0 Å². The zero-order valence-corrected chi connectivity index (χ0v) is 18.2. The van der Waals surface area contributed by atoms with Crippen LogP contribution in [0.2, 0.25) is 5.02 Å². The molecule has 7 nitrogen and oxygen atoms in total. The Balaban J connectivity index is 1.99. The maximum absolute atomic E-state index is 12.7. The van der Waals surface area contributed by atoms with Crippen molar-refractivity contribution in [2.45, 2.75) is 18.9 Å². The van der Waals surface area contributed by atoms with Crippen molar-refractivity contribution in [3.8, 4) is 22.8 Å². The molecule has 0 saturated heterocycles. The molecule has 4 rings (SSSR count). The molecule has 1 fully saturated rings. The lowest BCUT2D eigenvalue weighted by Crippen LogP contribution is -2.24.